The summed E-state index contributed by atoms with van der Waals surface area (Å²) in [6, 6.07) is 29.9. The molecule has 140 valence electrons. The van der Waals surface area contributed by atoms with Gasteiger partial charge in [-0.3, -0.25) is 0 Å². The second-order valence-corrected chi connectivity index (χ2v) is 7.07. The molecule has 2 heteroatoms. The van der Waals surface area contributed by atoms with Crippen molar-refractivity contribution in [1.29, 1.82) is 0 Å². The molecule has 0 bridgehead atoms. The lowest BCUT2D eigenvalue weighted by molar-refractivity contribution is 0.306. The van der Waals surface area contributed by atoms with Crippen LogP contribution in [0.5, 0.6) is 5.75 Å². The number of nitrogens with one attached hydrogen (secondary N) is 1. The Balaban J connectivity index is 1.40. The molecule has 0 fully saturated rings. The Bertz CT molecular complexity index is 786. The van der Waals surface area contributed by atoms with Gasteiger partial charge < -0.3 is 10.1 Å². The summed E-state index contributed by atoms with van der Waals surface area (Å²) >= 11 is 0. The maximum atomic E-state index is 5.94. The van der Waals surface area contributed by atoms with Crippen LogP contribution in [-0.4, -0.2) is 12.6 Å². The van der Waals surface area contributed by atoms with Gasteiger partial charge in [0.1, 0.15) is 12.4 Å². The van der Waals surface area contributed by atoms with Gasteiger partial charge in [0, 0.05) is 6.04 Å². The molecule has 3 rings (SSSR count). The summed E-state index contributed by atoms with van der Waals surface area (Å²) in [6.45, 7) is 3.90. The maximum Gasteiger partial charge on any atom is 0.120 e. The highest BCUT2D eigenvalue weighted by molar-refractivity contribution is 5.29. The third-order valence-electron chi connectivity index (χ3n) is 4.67. The van der Waals surface area contributed by atoms with Crippen molar-refractivity contribution in [2.75, 3.05) is 6.54 Å². The molecule has 1 unspecified atom stereocenters. The minimum atomic E-state index is 0.449. The molecule has 0 spiro atoms. The molecule has 3 aromatic carbocycles. The Morgan fingerprint density at radius 3 is 2.19 bits per heavy atom. The van der Waals surface area contributed by atoms with Gasteiger partial charge in [0.25, 0.3) is 0 Å². The van der Waals surface area contributed by atoms with Crippen molar-refractivity contribution >= 4 is 0 Å². The van der Waals surface area contributed by atoms with E-state index in [0.29, 0.717) is 12.6 Å². The Morgan fingerprint density at radius 2 is 1.44 bits per heavy atom. The molecule has 3 aromatic rings. The third kappa shape index (κ3) is 6.92. The highest BCUT2D eigenvalue weighted by Gasteiger charge is 2.05. The predicted molar refractivity (Wildman–Crippen MR) is 113 cm³/mol. The smallest absolute Gasteiger partial charge is 0.120 e. The second kappa shape index (κ2) is 10.5. The zero-order valence-electron chi connectivity index (χ0n) is 16.1. The van der Waals surface area contributed by atoms with E-state index >= 15 is 0 Å². The molecule has 0 aliphatic carbocycles. The van der Waals surface area contributed by atoms with Gasteiger partial charge >= 0.3 is 0 Å². The van der Waals surface area contributed by atoms with Gasteiger partial charge in [-0.2, -0.15) is 0 Å². The molecule has 0 amide bonds. The second-order valence-electron chi connectivity index (χ2n) is 7.07. The summed E-state index contributed by atoms with van der Waals surface area (Å²) in [4.78, 5) is 0. The Hall–Kier alpha value is -2.58. The largest absolute Gasteiger partial charge is 0.489 e. The van der Waals surface area contributed by atoms with Crippen LogP contribution in [-0.2, 0) is 19.4 Å². The molecule has 0 radical (unpaired) electrons. The van der Waals surface area contributed by atoms with Crippen LogP contribution in [0.2, 0.25) is 0 Å². The van der Waals surface area contributed by atoms with Crippen LogP contribution in [0.15, 0.2) is 84.9 Å². The van der Waals surface area contributed by atoms with Crippen LogP contribution < -0.4 is 10.1 Å². The highest BCUT2D eigenvalue weighted by Crippen LogP contribution is 2.16. The molecular formula is C25H29NO. The Labute approximate surface area is 163 Å². The van der Waals surface area contributed by atoms with Crippen LogP contribution in [0.3, 0.4) is 0 Å². The molecule has 0 aliphatic rings. The lowest BCUT2D eigenvalue weighted by Gasteiger charge is -2.15. The first kappa shape index (κ1) is 19.2. The van der Waals surface area contributed by atoms with Gasteiger partial charge in [-0.15, -0.1) is 0 Å². The van der Waals surface area contributed by atoms with Crippen molar-refractivity contribution in [2.24, 2.45) is 0 Å². The maximum absolute atomic E-state index is 5.94. The summed E-state index contributed by atoms with van der Waals surface area (Å²) in [6.07, 6.45) is 3.30. The van der Waals surface area contributed by atoms with Crippen molar-refractivity contribution in [2.45, 2.75) is 38.8 Å². The number of hydrogen-bond donors (Lipinski definition) is 1. The summed E-state index contributed by atoms with van der Waals surface area (Å²) in [5.41, 5.74) is 3.91. The van der Waals surface area contributed by atoms with Gasteiger partial charge in [0.05, 0.1) is 0 Å². The molecule has 0 saturated heterocycles. The van der Waals surface area contributed by atoms with E-state index in [-0.39, 0.29) is 0 Å². The van der Waals surface area contributed by atoms with Crippen molar-refractivity contribution in [3.8, 4) is 5.75 Å². The fourth-order valence-electron chi connectivity index (χ4n) is 3.21. The first-order valence-corrected chi connectivity index (χ1v) is 9.82. The van der Waals surface area contributed by atoms with Gasteiger partial charge in [-0.05, 0) is 61.6 Å². The van der Waals surface area contributed by atoms with E-state index in [1.165, 1.54) is 16.7 Å². The third-order valence-corrected chi connectivity index (χ3v) is 4.67. The number of ether oxygens (including phenoxy) is 1. The van der Waals surface area contributed by atoms with Crippen LogP contribution in [0.1, 0.15) is 30.0 Å². The van der Waals surface area contributed by atoms with E-state index in [1.807, 2.05) is 24.3 Å². The minimum absolute atomic E-state index is 0.449. The Kier molecular flexibility index (Phi) is 7.49. The van der Waals surface area contributed by atoms with Crippen molar-refractivity contribution in [3.05, 3.63) is 102 Å². The number of aryl methyl sites for hydroxylation is 1. The number of benzene rings is 3. The zero-order chi connectivity index (χ0) is 18.7. The quantitative estimate of drug-likeness (QED) is 0.488. The fraction of sp³-hybridized carbons (Fsp3) is 0.280. The topological polar surface area (TPSA) is 21.3 Å². The van der Waals surface area contributed by atoms with Crippen LogP contribution in [0, 0.1) is 0 Å². The fourth-order valence-corrected chi connectivity index (χ4v) is 3.21. The summed E-state index contributed by atoms with van der Waals surface area (Å²) in [5, 5.41) is 3.64. The molecular weight excluding hydrogens is 330 g/mol. The molecule has 2 nitrogen and oxygen atoms in total. The number of hydrogen-bond acceptors (Lipinski definition) is 2. The zero-order valence-corrected chi connectivity index (χ0v) is 16.1. The van der Waals surface area contributed by atoms with Gasteiger partial charge in [0.2, 0.25) is 0 Å². The molecule has 1 N–H and O–H groups in total. The molecule has 0 aliphatic heterocycles. The predicted octanol–water partition coefficient (Wildman–Crippen LogP) is 5.42. The normalized spacial score (nSPS) is 11.9. The lowest BCUT2D eigenvalue weighted by Crippen LogP contribution is -2.29. The van der Waals surface area contributed by atoms with Crippen LogP contribution in [0.25, 0.3) is 0 Å². The number of rotatable bonds is 10. The van der Waals surface area contributed by atoms with E-state index in [2.05, 4.69) is 72.9 Å². The summed E-state index contributed by atoms with van der Waals surface area (Å²) in [5.74, 6) is 0.938. The van der Waals surface area contributed by atoms with Gasteiger partial charge in [0.15, 0.2) is 0 Å². The molecule has 0 saturated carbocycles. The standard InChI is InChI=1S/C25H29NO/c1-21(26-17-9-15-22-10-4-2-5-11-22)18-24-14-8-16-25(19-24)27-20-23-12-6-3-7-13-23/h2-8,10-14,16,19,21,26H,9,15,17-18,20H2,1H3. The van der Waals surface area contributed by atoms with Gasteiger partial charge in [-0.25, -0.2) is 0 Å². The van der Waals surface area contributed by atoms with Gasteiger partial charge in [-0.1, -0.05) is 72.8 Å². The van der Waals surface area contributed by atoms with E-state index in [9.17, 15) is 0 Å². The SMILES string of the molecule is CC(Cc1cccc(OCc2ccccc2)c1)NCCCc1ccccc1. The molecule has 1 atom stereocenters. The average molecular weight is 360 g/mol. The molecule has 27 heavy (non-hydrogen) atoms. The van der Waals surface area contributed by atoms with E-state index in [4.69, 9.17) is 4.74 Å². The van der Waals surface area contributed by atoms with Crippen molar-refractivity contribution in [3.63, 3.8) is 0 Å². The lowest BCUT2D eigenvalue weighted by atomic mass is 10.1. The summed E-state index contributed by atoms with van der Waals surface area (Å²) < 4.78 is 5.94. The highest BCUT2D eigenvalue weighted by atomic mass is 16.5. The van der Waals surface area contributed by atoms with E-state index < -0.39 is 0 Å². The van der Waals surface area contributed by atoms with E-state index in [0.717, 1.165) is 31.6 Å². The van der Waals surface area contributed by atoms with E-state index in [1.54, 1.807) is 0 Å². The Morgan fingerprint density at radius 1 is 0.778 bits per heavy atom. The van der Waals surface area contributed by atoms with Crippen molar-refractivity contribution < 1.29 is 4.74 Å². The molecule has 0 aromatic heterocycles. The van der Waals surface area contributed by atoms with Crippen LogP contribution >= 0.6 is 0 Å². The minimum Gasteiger partial charge on any atom is -0.489 e. The first-order chi connectivity index (χ1) is 13.3. The monoisotopic (exact) mass is 359 g/mol. The first-order valence-electron chi connectivity index (χ1n) is 9.82. The summed E-state index contributed by atoms with van der Waals surface area (Å²) in [7, 11) is 0. The average Bonchev–Trinajstić information content (AvgIpc) is 2.72. The van der Waals surface area contributed by atoms with Crippen LogP contribution in [0.4, 0.5) is 0 Å². The molecule has 0 heterocycles. The van der Waals surface area contributed by atoms with Crippen molar-refractivity contribution in [1.82, 2.24) is 5.32 Å².